The minimum atomic E-state index is -4.60. The largest absolute Gasteiger partial charge is 0.419 e. The van der Waals surface area contributed by atoms with Gasteiger partial charge in [0, 0.05) is 23.5 Å². The molecule has 4 aromatic rings. The molecule has 3 heterocycles. The molecule has 6 nitrogen and oxygen atoms in total. The number of carbonyl (C=O) groups is 1. The second kappa shape index (κ2) is 7.75. The molecular formula is C22H18F3N5O. The second-order valence-corrected chi connectivity index (χ2v) is 7.17. The Kier molecular flexibility index (Phi) is 5.10. The lowest BCUT2D eigenvalue weighted by atomic mass is 10.1. The molecule has 0 aliphatic carbocycles. The third-order valence-electron chi connectivity index (χ3n) is 4.76. The molecule has 158 valence electrons. The zero-order valence-electron chi connectivity index (χ0n) is 16.4. The number of halogens is 3. The van der Waals surface area contributed by atoms with E-state index in [2.05, 4.69) is 15.3 Å². The van der Waals surface area contributed by atoms with Gasteiger partial charge in [0.25, 0.3) is 0 Å². The number of nitrogens with two attached hydrogens (primary N) is 1. The molecule has 4 rings (SSSR count). The van der Waals surface area contributed by atoms with Gasteiger partial charge in [0.05, 0.1) is 18.2 Å². The van der Waals surface area contributed by atoms with Gasteiger partial charge in [-0.15, -0.1) is 0 Å². The van der Waals surface area contributed by atoms with Crippen LogP contribution in [-0.4, -0.2) is 20.3 Å². The molecule has 1 aromatic carbocycles. The maximum Gasteiger partial charge on any atom is 0.419 e. The Morgan fingerprint density at radius 3 is 2.55 bits per heavy atom. The summed E-state index contributed by atoms with van der Waals surface area (Å²) >= 11 is 0. The monoisotopic (exact) mass is 425 g/mol. The number of alkyl halides is 3. The van der Waals surface area contributed by atoms with Gasteiger partial charge in [0.2, 0.25) is 5.91 Å². The Hall–Kier alpha value is -3.88. The number of fused-ring (bicyclic) bond motifs is 1. The number of amides is 1. The van der Waals surface area contributed by atoms with Crippen molar-refractivity contribution >= 4 is 23.2 Å². The van der Waals surface area contributed by atoms with E-state index in [-0.39, 0.29) is 17.9 Å². The highest BCUT2D eigenvalue weighted by Gasteiger charge is 2.34. The summed E-state index contributed by atoms with van der Waals surface area (Å²) in [6, 6.07) is 11.9. The van der Waals surface area contributed by atoms with Crippen molar-refractivity contribution in [3.8, 4) is 11.1 Å². The summed E-state index contributed by atoms with van der Waals surface area (Å²) in [7, 11) is 0. The van der Waals surface area contributed by atoms with Crippen molar-refractivity contribution in [3.63, 3.8) is 0 Å². The van der Waals surface area contributed by atoms with Crippen molar-refractivity contribution in [1.29, 1.82) is 0 Å². The lowest BCUT2D eigenvalue weighted by molar-refractivity contribution is -0.137. The molecule has 0 saturated carbocycles. The van der Waals surface area contributed by atoms with Crippen LogP contribution in [0, 0.1) is 6.92 Å². The summed E-state index contributed by atoms with van der Waals surface area (Å²) < 4.78 is 41.0. The van der Waals surface area contributed by atoms with E-state index >= 15 is 0 Å². The molecule has 0 saturated heterocycles. The average molecular weight is 425 g/mol. The second-order valence-electron chi connectivity index (χ2n) is 7.17. The normalized spacial score (nSPS) is 11.6. The number of benzene rings is 1. The van der Waals surface area contributed by atoms with E-state index in [4.69, 9.17) is 5.73 Å². The maximum atomic E-state index is 13.1. The van der Waals surface area contributed by atoms with Crippen LogP contribution >= 0.6 is 0 Å². The van der Waals surface area contributed by atoms with Crippen LogP contribution in [0.2, 0.25) is 0 Å². The summed E-state index contributed by atoms with van der Waals surface area (Å²) in [5, 5.41) is 2.74. The molecule has 0 spiro atoms. The fourth-order valence-electron chi connectivity index (χ4n) is 3.16. The fourth-order valence-corrected chi connectivity index (χ4v) is 3.16. The van der Waals surface area contributed by atoms with Gasteiger partial charge >= 0.3 is 6.18 Å². The van der Waals surface area contributed by atoms with Crippen LogP contribution in [0.1, 0.15) is 16.7 Å². The van der Waals surface area contributed by atoms with Crippen molar-refractivity contribution in [2.45, 2.75) is 19.5 Å². The van der Waals surface area contributed by atoms with E-state index < -0.39 is 17.6 Å². The van der Waals surface area contributed by atoms with Crippen LogP contribution in [0.3, 0.4) is 0 Å². The summed E-state index contributed by atoms with van der Waals surface area (Å²) in [5.41, 5.74) is 7.68. The fraction of sp³-hybridized carbons (Fsp3) is 0.136. The number of nitrogen functional groups attached to an aromatic ring is 1. The minimum Gasteiger partial charge on any atom is -0.383 e. The Balaban J connectivity index is 1.56. The molecule has 9 heteroatoms. The van der Waals surface area contributed by atoms with Crippen LogP contribution < -0.4 is 11.1 Å². The first-order valence-corrected chi connectivity index (χ1v) is 9.36. The number of rotatable bonds is 4. The first-order valence-electron chi connectivity index (χ1n) is 9.36. The zero-order valence-corrected chi connectivity index (χ0v) is 16.4. The van der Waals surface area contributed by atoms with E-state index in [0.29, 0.717) is 17.0 Å². The Morgan fingerprint density at radius 2 is 1.84 bits per heavy atom. The van der Waals surface area contributed by atoms with Gasteiger partial charge in [-0.05, 0) is 30.7 Å². The standard InChI is InChI=1S/C22H18F3N5O/c1-13-2-4-14(5-3-13)8-20(31)29-18-12-30-11-15(6-7-19(30)28-18)16-9-17(22(23,24)25)21(26)27-10-16/h2-7,9-12H,8H2,1H3,(H2,26,27)(H,29,31). The van der Waals surface area contributed by atoms with E-state index in [9.17, 15) is 18.0 Å². The number of aryl methyl sites for hydroxylation is 1. The molecule has 31 heavy (non-hydrogen) atoms. The Bertz CT molecular complexity index is 1260. The molecule has 0 aliphatic rings. The molecular weight excluding hydrogens is 407 g/mol. The van der Waals surface area contributed by atoms with E-state index in [1.165, 1.54) is 6.20 Å². The molecule has 0 fully saturated rings. The van der Waals surface area contributed by atoms with Crippen LogP contribution in [0.5, 0.6) is 0 Å². The van der Waals surface area contributed by atoms with Crippen LogP contribution in [-0.2, 0) is 17.4 Å². The van der Waals surface area contributed by atoms with Gasteiger partial charge in [-0.2, -0.15) is 13.2 Å². The molecule has 3 N–H and O–H groups in total. The number of aromatic nitrogens is 3. The van der Waals surface area contributed by atoms with Crippen LogP contribution in [0.25, 0.3) is 16.8 Å². The van der Waals surface area contributed by atoms with Gasteiger partial charge in [0.15, 0.2) is 5.82 Å². The summed E-state index contributed by atoms with van der Waals surface area (Å²) in [4.78, 5) is 20.3. The molecule has 1 amide bonds. The van der Waals surface area contributed by atoms with Crippen molar-refractivity contribution in [1.82, 2.24) is 14.4 Å². The Morgan fingerprint density at radius 1 is 1.10 bits per heavy atom. The molecule has 0 atom stereocenters. The number of anilines is 2. The number of nitrogens with one attached hydrogen (secondary N) is 1. The molecule has 3 aromatic heterocycles. The summed E-state index contributed by atoms with van der Waals surface area (Å²) in [5.74, 6) is -0.441. The van der Waals surface area contributed by atoms with Gasteiger partial charge in [-0.3, -0.25) is 4.79 Å². The van der Waals surface area contributed by atoms with Crippen molar-refractivity contribution in [2.24, 2.45) is 0 Å². The number of nitrogens with zero attached hydrogens (tertiary/aromatic N) is 3. The number of imidazole rings is 1. The van der Waals surface area contributed by atoms with Crippen molar-refractivity contribution in [3.05, 3.63) is 77.7 Å². The highest BCUT2D eigenvalue weighted by molar-refractivity contribution is 5.91. The lowest BCUT2D eigenvalue weighted by Gasteiger charge is -2.11. The molecule has 0 bridgehead atoms. The van der Waals surface area contributed by atoms with Gasteiger partial charge in [-0.1, -0.05) is 29.8 Å². The predicted molar refractivity (Wildman–Crippen MR) is 111 cm³/mol. The number of hydrogen-bond donors (Lipinski definition) is 2. The van der Waals surface area contributed by atoms with E-state index in [1.807, 2.05) is 31.2 Å². The van der Waals surface area contributed by atoms with Gasteiger partial charge < -0.3 is 15.5 Å². The van der Waals surface area contributed by atoms with Gasteiger partial charge in [0.1, 0.15) is 11.5 Å². The highest BCUT2D eigenvalue weighted by Crippen LogP contribution is 2.35. The van der Waals surface area contributed by atoms with E-state index in [0.717, 1.165) is 17.2 Å². The first kappa shape index (κ1) is 20.4. The van der Waals surface area contributed by atoms with Crippen molar-refractivity contribution < 1.29 is 18.0 Å². The van der Waals surface area contributed by atoms with Crippen LogP contribution in [0.15, 0.2) is 61.1 Å². The predicted octanol–water partition coefficient (Wildman–Crippen LogP) is 4.49. The summed E-state index contributed by atoms with van der Waals surface area (Å²) in [6.45, 7) is 1.97. The van der Waals surface area contributed by atoms with Crippen LogP contribution in [0.4, 0.5) is 24.8 Å². The maximum absolute atomic E-state index is 13.1. The number of pyridine rings is 2. The molecule has 0 radical (unpaired) electrons. The highest BCUT2D eigenvalue weighted by atomic mass is 19.4. The number of hydrogen-bond acceptors (Lipinski definition) is 4. The SMILES string of the molecule is Cc1ccc(CC(=O)Nc2cn3cc(-c4cnc(N)c(C(F)(F)F)c4)ccc3n2)cc1. The smallest absolute Gasteiger partial charge is 0.383 e. The topological polar surface area (TPSA) is 85.3 Å². The third-order valence-corrected chi connectivity index (χ3v) is 4.76. The van der Waals surface area contributed by atoms with Crippen molar-refractivity contribution in [2.75, 3.05) is 11.1 Å². The molecule has 0 unspecified atom stereocenters. The lowest BCUT2D eigenvalue weighted by Crippen LogP contribution is -2.14. The Labute approximate surface area is 175 Å². The van der Waals surface area contributed by atoms with Gasteiger partial charge in [-0.25, -0.2) is 9.97 Å². The summed E-state index contributed by atoms with van der Waals surface area (Å²) in [6.07, 6.45) is 0.108. The number of carbonyl (C=O) groups excluding carboxylic acids is 1. The minimum absolute atomic E-state index is 0.205. The average Bonchev–Trinajstić information content (AvgIpc) is 3.10. The first-order chi connectivity index (χ1) is 14.7. The van der Waals surface area contributed by atoms with E-state index in [1.54, 1.807) is 28.9 Å². The molecule has 0 aliphatic heterocycles. The third kappa shape index (κ3) is 4.50. The zero-order chi connectivity index (χ0) is 22.2. The quantitative estimate of drug-likeness (QED) is 0.505.